The van der Waals surface area contributed by atoms with Gasteiger partial charge < -0.3 is 14.6 Å². The number of aromatic nitrogens is 2. The van der Waals surface area contributed by atoms with Crippen LogP contribution in [0.2, 0.25) is 0 Å². The van der Waals surface area contributed by atoms with Gasteiger partial charge in [-0.1, -0.05) is 6.07 Å². The first kappa shape index (κ1) is 20.7. The average molecular weight is 404 g/mol. The van der Waals surface area contributed by atoms with Crippen molar-refractivity contribution in [2.45, 2.75) is 33.4 Å². The van der Waals surface area contributed by atoms with Gasteiger partial charge in [0.2, 0.25) is 0 Å². The number of nitrogens with zero attached hydrogens (tertiary/aromatic N) is 3. The zero-order valence-electron chi connectivity index (χ0n) is 16.8. The number of amides is 1. The number of aryl methyl sites for hydroxylation is 2. The van der Waals surface area contributed by atoms with Crippen LogP contribution in [0.1, 0.15) is 35.5 Å². The fourth-order valence-corrected chi connectivity index (χ4v) is 3.01. The van der Waals surface area contributed by atoms with E-state index in [1.807, 2.05) is 13.0 Å². The molecule has 0 aliphatic carbocycles. The molecule has 1 heterocycles. The van der Waals surface area contributed by atoms with Gasteiger partial charge in [-0.25, -0.2) is 9.78 Å². The zero-order chi connectivity index (χ0) is 21.8. The molecular weight excluding hydrogens is 384 g/mol. The van der Waals surface area contributed by atoms with Crippen molar-refractivity contribution in [3.8, 4) is 6.07 Å². The van der Waals surface area contributed by atoms with Crippen LogP contribution in [0, 0.1) is 18.3 Å². The summed E-state index contributed by atoms with van der Waals surface area (Å²) in [6, 6.07) is 13.1. The number of anilines is 1. The van der Waals surface area contributed by atoms with Crippen LogP contribution in [-0.4, -0.2) is 27.5 Å². The zero-order valence-corrected chi connectivity index (χ0v) is 16.8. The van der Waals surface area contributed by atoms with E-state index in [0.29, 0.717) is 34.5 Å². The second-order valence-electron chi connectivity index (χ2n) is 6.68. The molecule has 0 saturated heterocycles. The molecule has 0 aliphatic rings. The van der Waals surface area contributed by atoms with Crippen molar-refractivity contribution in [2.75, 3.05) is 5.32 Å². The van der Waals surface area contributed by atoms with Crippen molar-refractivity contribution in [3.63, 3.8) is 0 Å². The van der Waals surface area contributed by atoms with Crippen molar-refractivity contribution in [2.24, 2.45) is 0 Å². The first-order chi connectivity index (χ1) is 14.3. The highest BCUT2D eigenvalue weighted by atomic mass is 16.5. The van der Waals surface area contributed by atoms with E-state index in [2.05, 4.69) is 10.3 Å². The Bertz CT molecular complexity index is 1240. The van der Waals surface area contributed by atoms with Gasteiger partial charge in [-0.05, 0) is 57.2 Å². The van der Waals surface area contributed by atoms with E-state index in [0.717, 1.165) is 0 Å². The Morgan fingerprint density at radius 1 is 1.27 bits per heavy atom. The molecule has 8 heteroatoms. The number of rotatable bonds is 5. The topological polar surface area (TPSA) is 114 Å². The van der Waals surface area contributed by atoms with Gasteiger partial charge in [-0.3, -0.25) is 9.59 Å². The molecule has 3 rings (SSSR count). The smallest absolute Gasteiger partial charge is 0.338 e. The lowest BCUT2D eigenvalue weighted by atomic mass is 10.2. The minimum Gasteiger partial charge on any atom is -0.449 e. The second-order valence-corrected chi connectivity index (χ2v) is 6.68. The molecule has 152 valence electrons. The van der Waals surface area contributed by atoms with E-state index in [4.69, 9.17) is 10.00 Å². The van der Waals surface area contributed by atoms with E-state index in [1.54, 1.807) is 35.8 Å². The van der Waals surface area contributed by atoms with Crippen LogP contribution in [-0.2, 0) is 16.1 Å². The van der Waals surface area contributed by atoms with Crippen molar-refractivity contribution in [1.29, 1.82) is 5.26 Å². The number of ether oxygens (including phenoxy) is 1. The van der Waals surface area contributed by atoms with E-state index in [1.165, 1.54) is 25.1 Å². The summed E-state index contributed by atoms with van der Waals surface area (Å²) in [4.78, 5) is 41.3. The molecule has 0 radical (unpaired) electrons. The van der Waals surface area contributed by atoms with Crippen LogP contribution in [0.25, 0.3) is 11.0 Å². The van der Waals surface area contributed by atoms with E-state index >= 15 is 0 Å². The molecule has 30 heavy (non-hydrogen) atoms. The lowest BCUT2D eigenvalue weighted by Crippen LogP contribution is -2.30. The first-order valence-corrected chi connectivity index (χ1v) is 9.37. The van der Waals surface area contributed by atoms with E-state index < -0.39 is 18.0 Å². The highest BCUT2D eigenvalue weighted by molar-refractivity contribution is 5.98. The summed E-state index contributed by atoms with van der Waals surface area (Å²) in [5.74, 6) is -1.20. The van der Waals surface area contributed by atoms with Gasteiger partial charge >= 0.3 is 5.97 Å². The van der Waals surface area contributed by atoms with Gasteiger partial charge in [0.05, 0.1) is 28.2 Å². The Morgan fingerprint density at radius 3 is 2.73 bits per heavy atom. The third kappa shape index (κ3) is 4.20. The predicted molar refractivity (Wildman–Crippen MR) is 111 cm³/mol. The maximum atomic E-state index is 12.5. The summed E-state index contributed by atoms with van der Waals surface area (Å²) in [6.45, 7) is 5.41. The van der Waals surface area contributed by atoms with E-state index in [-0.39, 0.29) is 11.1 Å². The summed E-state index contributed by atoms with van der Waals surface area (Å²) in [5, 5.41) is 11.5. The van der Waals surface area contributed by atoms with Gasteiger partial charge in [0.25, 0.3) is 11.5 Å². The third-order valence-corrected chi connectivity index (χ3v) is 4.57. The van der Waals surface area contributed by atoms with Gasteiger partial charge in [0.1, 0.15) is 5.69 Å². The average Bonchev–Trinajstić information content (AvgIpc) is 2.74. The van der Waals surface area contributed by atoms with Crippen LogP contribution >= 0.6 is 0 Å². The molecule has 0 aliphatic heterocycles. The first-order valence-electron chi connectivity index (χ1n) is 9.37. The summed E-state index contributed by atoms with van der Waals surface area (Å²) in [7, 11) is 0. The number of nitriles is 1. The van der Waals surface area contributed by atoms with Crippen LogP contribution in [0.4, 0.5) is 5.69 Å². The minimum absolute atomic E-state index is 0.175. The Kier molecular flexibility index (Phi) is 5.93. The quantitative estimate of drug-likeness (QED) is 0.654. The SMILES string of the molecule is CCn1c(=O)c(C)nc2cc(C(=O)O[C@H](C)C(=O)Nc3cccc(C#N)c3)ccc21. The number of benzene rings is 2. The molecular formula is C22H20N4O4. The summed E-state index contributed by atoms with van der Waals surface area (Å²) < 4.78 is 6.86. The summed E-state index contributed by atoms with van der Waals surface area (Å²) >= 11 is 0. The number of esters is 1. The number of fused-ring (bicyclic) bond motifs is 1. The van der Waals surface area contributed by atoms with Crippen LogP contribution < -0.4 is 10.9 Å². The lowest BCUT2D eigenvalue weighted by Gasteiger charge is -2.14. The number of hydrogen-bond acceptors (Lipinski definition) is 6. The van der Waals surface area contributed by atoms with Crippen molar-refractivity contribution < 1.29 is 14.3 Å². The molecule has 1 aromatic heterocycles. The Morgan fingerprint density at radius 2 is 2.03 bits per heavy atom. The predicted octanol–water partition coefficient (Wildman–Crippen LogP) is 2.78. The molecule has 0 fully saturated rings. The molecule has 1 amide bonds. The fourth-order valence-electron chi connectivity index (χ4n) is 3.01. The van der Waals surface area contributed by atoms with Crippen LogP contribution in [0.3, 0.4) is 0 Å². The fraction of sp³-hybridized carbons (Fsp3) is 0.227. The van der Waals surface area contributed by atoms with E-state index in [9.17, 15) is 14.4 Å². The maximum absolute atomic E-state index is 12.5. The van der Waals surface area contributed by atoms with Gasteiger partial charge in [0, 0.05) is 12.2 Å². The molecule has 1 atom stereocenters. The largest absolute Gasteiger partial charge is 0.449 e. The molecule has 1 N–H and O–H groups in total. The van der Waals surface area contributed by atoms with Crippen molar-refractivity contribution in [3.05, 3.63) is 69.6 Å². The minimum atomic E-state index is -1.06. The molecule has 8 nitrogen and oxygen atoms in total. The molecule has 0 bridgehead atoms. The van der Waals surface area contributed by atoms with Crippen LogP contribution in [0.5, 0.6) is 0 Å². The second kappa shape index (κ2) is 8.57. The molecule has 0 saturated carbocycles. The monoisotopic (exact) mass is 404 g/mol. The lowest BCUT2D eigenvalue weighted by molar-refractivity contribution is -0.123. The molecule has 0 unspecified atom stereocenters. The van der Waals surface area contributed by atoms with Crippen LogP contribution in [0.15, 0.2) is 47.3 Å². The Hall–Kier alpha value is -3.99. The number of carbonyl (C=O) groups excluding carboxylic acids is 2. The Labute approximate surface area is 172 Å². The molecule has 2 aromatic carbocycles. The third-order valence-electron chi connectivity index (χ3n) is 4.57. The maximum Gasteiger partial charge on any atom is 0.338 e. The summed E-state index contributed by atoms with van der Waals surface area (Å²) in [5.41, 5.74) is 2.34. The highest BCUT2D eigenvalue weighted by Crippen LogP contribution is 2.16. The molecule has 3 aromatic rings. The number of hydrogen-bond donors (Lipinski definition) is 1. The number of carbonyl (C=O) groups is 2. The normalized spacial score (nSPS) is 11.5. The Balaban J connectivity index is 1.77. The van der Waals surface area contributed by atoms with Gasteiger partial charge in [0.15, 0.2) is 6.10 Å². The van der Waals surface area contributed by atoms with Crippen molar-refractivity contribution >= 4 is 28.6 Å². The van der Waals surface area contributed by atoms with Gasteiger partial charge in [-0.2, -0.15) is 5.26 Å². The highest BCUT2D eigenvalue weighted by Gasteiger charge is 2.20. The van der Waals surface area contributed by atoms with Crippen molar-refractivity contribution in [1.82, 2.24) is 9.55 Å². The number of nitrogens with one attached hydrogen (secondary N) is 1. The molecule has 0 spiro atoms. The van der Waals surface area contributed by atoms with Gasteiger partial charge in [-0.15, -0.1) is 0 Å². The summed E-state index contributed by atoms with van der Waals surface area (Å²) in [6.07, 6.45) is -1.06. The standard InChI is InChI=1S/C22H20N4O4/c1-4-26-19-9-8-16(11-18(19)24-13(2)21(26)28)22(29)30-14(3)20(27)25-17-7-5-6-15(10-17)12-23/h5-11,14H,4H2,1-3H3,(H,25,27)/t14-/m1/s1.